The van der Waals surface area contributed by atoms with Crippen molar-refractivity contribution in [1.82, 2.24) is 14.9 Å². The maximum atomic E-state index is 13.3. The van der Waals surface area contributed by atoms with Crippen LogP contribution in [0.15, 0.2) is 53.4 Å². The highest BCUT2D eigenvalue weighted by Gasteiger charge is 2.28. The number of β-amino-alcohol motifs (C(OH)–C–C–N with tert-alkyl or cyclic N) is 1. The number of benzene rings is 2. The summed E-state index contributed by atoms with van der Waals surface area (Å²) in [4.78, 5) is 28.4. The molecule has 1 heterocycles. The Labute approximate surface area is 223 Å². The minimum absolute atomic E-state index is 0.0706. The first-order valence-corrected chi connectivity index (χ1v) is 14.2. The van der Waals surface area contributed by atoms with Crippen LogP contribution in [-0.4, -0.2) is 68.1 Å². The highest BCUT2D eigenvalue weighted by molar-refractivity contribution is 7.89. The van der Waals surface area contributed by atoms with Crippen LogP contribution in [0.25, 0.3) is 0 Å². The van der Waals surface area contributed by atoms with Gasteiger partial charge in [-0.05, 0) is 108 Å². The third-order valence-corrected chi connectivity index (χ3v) is 8.07. The minimum Gasteiger partial charge on any atom is -0.395 e. The van der Waals surface area contributed by atoms with Gasteiger partial charge in [0.25, 0.3) is 5.91 Å². The van der Waals surface area contributed by atoms with Gasteiger partial charge in [-0.25, -0.2) is 17.5 Å². The first-order chi connectivity index (χ1) is 17.9. The van der Waals surface area contributed by atoms with E-state index in [0.29, 0.717) is 18.7 Å². The zero-order chi connectivity index (χ0) is 27.9. The van der Waals surface area contributed by atoms with Crippen molar-refractivity contribution < 1.29 is 27.5 Å². The second-order valence-corrected chi connectivity index (χ2v) is 12.3. The van der Waals surface area contributed by atoms with Crippen LogP contribution in [0.5, 0.6) is 0 Å². The molecule has 0 aromatic heterocycles. The van der Waals surface area contributed by atoms with Crippen LogP contribution in [0.4, 0.5) is 10.1 Å². The van der Waals surface area contributed by atoms with Crippen LogP contribution in [0.3, 0.4) is 0 Å². The van der Waals surface area contributed by atoms with E-state index in [1.54, 1.807) is 20.8 Å². The molecule has 1 aliphatic rings. The summed E-state index contributed by atoms with van der Waals surface area (Å²) in [5, 5.41) is 14.7. The number of likely N-dealkylation sites (tertiary alicyclic amines) is 1. The van der Waals surface area contributed by atoms with Crippen LogP contribution in [0.2, 0.25) is 0 Å². The van der Waals surface area contributed by atoms with Crippen molar-refractivity contribution in [3.05, 3.63) is 59.9 Å². The van der Waals surface area contributed by atoms with E-state index >= 15 is 0 Å². The standard InChI is InChI=1S/C27H37FN4O5S/c1-27(2,3)31-38(36,37)23-10-8-22(9-11-23)29-26(35)24(18-19-12-14-32(15-13-19)16-17-33)30-25(34)20-4-6-21(28)7-5-20/h4-11,19,24,31,33H,12-18H2,1-3H3,(H,29,35)(H,30,34). The van der Waals surface area contributed by atoms with Crippen LogP contribution >= 0.6 is 0 Å². The Hall–Kier alpha value is -2.86. The lowest BCUT2D eigenvalue weighted by Gasteiger charge is -2.33. The lowest BCUT2D eigenvalue weighted by Crippen LogP contribution is -2.46. The monoisotopic (exact) mass is 548 g/mol. The Morgan fingerprint density at radius 2 is 1.66 bits per heavy atom. The molecule has 38 heavy (non-hydrogen) atoms. The molecule has 2 aromatic carbocycles. The number of anilines is 1. The van der Waals surface area contributed by atoms with Gasteiger partial charge in [-0.1, -0.05) is 0 Å². The molecular weight excluding hydrogens is 511 g/mol. The Morgan fingerprint density at radius 1 is 1.05 bits per heavy atom. The van der Waals surface area contributed by atoms with E-state index in [0.717, 1.165) is 25.9 Å². The summed E-state index contributed by atoms with van der Waals surface area (Å²) in [5.74, 6) is -1.20. The number of nitrogens with zero attached hydrogens (tertiary/aromatic N) is 1. The largest absolute Gasteiger partial charge is 0.395 e. The number of halogens is 1. The number of hydrogen-bond acceptors (Lipinski definition) is 6. The van der Waals surface area contributed by atoms with E-state index in [1.807, 2.05) is 0 Å². The summed E-state index contributed by atoms with van der Waals surface area (Å²) in [5.41, 5.74) is -0.0120. The molecule has 1 saturated heterocycles. The van der Waals surface area contributed by atoms with E-state index < -0.39 is 39.2 Å². The highest BCUT2D eigenvalue weighted by Crippen LogP contribution is 2.23. The molecule has 2 aromatic rings. The predicted octanol–water partition coefficient (Wildman–Crippen LogP) is 2.73. The minimum atomic E-state index is -3.72. The van der Waals surface area contributed by atoms with Gasteiger partial charge in [0.05, 0.1) is 11.5 Å². The first kappa shape index (κ1) is 29.7. The fourth-order valence-corrected chi connectivity index (χ4v) is 5.82. The topological polar surface area (TPSA) is 128 Å². The number of sulfonamides is 1. The molecule has 1 unspecified atom stereocenters. The van der Waals surface area contributed by atoms with Crippen molar-refractivity contribution >= 4 is 27.5 Å². The van der Waals surface area contributed by atoms with Gasteiger partial charge in [0.1, 0.15) is 11.9 Å². The molecule has 9 nitrogen and oxygen atoms in total. The number of rotatable bonds is 10. The maximum Gasteiger partial charge on any atom is 0.251 e. The second-order valence-electron chi connectivity index (χ2n) is 10.6. The number of carbonyl (C=O) groups excluding carboxylic acids is 2. The zero-order valence-corrected chi connectivity index (χ0v) is 22.9. The molecule has 4 N–H and O–H groups in total. The third-order valence-electron chi connectivity index (χ3n) is 6.29. The molecule has 0 spiro atoms. The van der Waals surface area contributed by atoms with E-state index in [1.165, 1.54) is 48.5 Å². The molecule has 11 heteroatoms. The van der Waals surface area contributed by atoms with Gasteiger partial charge in [-0.15, -0.1) is 0 Å². The summed E-state index contributed by atoms with van der Waals surface area (Å²) in [7, 11) is -3.72. The van der Waals surface area contributed by atoms with Gasteiger partial charge >= 0.3 is 0 Å². The van der Waals surface area contributed by atoms with Crippen molar-refractivity contribution in [2.75, 3.05) is 31.6 Å². The molecule has 0 radical (unpaired) electrons. The Morgan fingerprint density at radius 3 is 2.21 bits per heavy atom. The van der Waals surface area contributed by atoms with Gasteiger partial charge in [0.15, 0.2) is 0 Å². The van der Waals surface area contributed by atoms with E-state index in [2.05, 4.69) is 20.3 Å². The van der Waals surface area contributed by atoms with Crippen molar-refractivity contribution in [3.63, 3.8) is 0 Å². The van der Waals surface area contributed by atoms with Crippen LogP contribution in [0.1, 0.15) is 50.4 Å². The number of piperidine rings is 1. The van der Waals surface area contributed by atoms with E-state index in [-0.39, 0.29) is 23.0 Å². The van der Waals surface area contributed by atoms with Gasteiger partial charge in [0, 0.05) is 23.3 Å². The lowest BCUT2D eigenvalue weighted by atomic mass is 9.89. The number of carbonyl (C=O) groups is 2. The lowest BCUT2D eigenvalue weighted by molar-refractivity contribution is -0.118. The molecule has 2 amide bonds. The number of nitrogens with one attached hydrogen (secondary N) is 3. The molecule has 1 aliphatic heterocycles. The van der Waals surface area contributed by atoms with Gasteiger partial charge in [-0.3, -0.25) is 9.59 Å². The average Bonchev–Trinajstić information content (AvgIpc) is 2.84. The molecule has 3 rings (SSSR count). The molecule has 1 atom stereocenters. The summed E-state index contributed by atoms with van der Waals surface area (Å²) in [6.45, 7) is 7.53. The quantitative estimate of drug-likeness (QED) is 0.362. The number of amides is 2. The molecule has 208 valence electrons. The SMILES string of the molecule is CC(C)(C)NS(=O)(=O)c1ccc(NC(=O)C(CC2CCN(CCO)CC2)NC(=O)c2ccc(F)cc2)cc1. The molecule has 0 bridgehead atoms. The highest BCUT2D eigenvalue weighted by atomic mass is 32.2. The summed E-state index contributed by atoms with van der Waals surface area (Å²) >= 11 is 0. The molecule has 0 aliphatic carbocycles. The molecule has 0 saturated carbocycles. The van der Waals surface area contributed by atoms with Crippen LogP contribution < -0.4 is 15.4 Å². The third kappa shape index (κ3) is 8.87. The van der Waals surface area contributed by atoms with Gasteiger partial charge in [0.2, 0.25) is 15.9 Å². The summed E-state index contributed by atoms with van der Waals surface area (Å²) in [6.07, 6.45) is 2.06. The van der Waals surface area contributed by atoms with Crippen molar-refractivity contribution in [2.24, 2.45) is 5.92 Å². The number of aliphatic hydroxyl groups is 1. The molecular formula is C27H37FN4O5S. The van der Waals surface area contributed by atoms with Crippen LogP contribution in [-0.2, 0) is 14.8 Å². The Kier molecular flexibility index (Phi) is 10.00. The van der Waals surface area contributed by atoms with Crippen LogP contribution in [0, 0.1) is 11.7 Å². The first-order valence-electron chi connectivity index (χ1n) is 12.7. The Balaban J connectivity index is 1.72. The normalized spacial score (nSPS) is 16.1. The van der Waals surface area contributed by atoms with Crippen molar-refractivity contribution in [3.8, 4) is 0 Å². The van der Waals surface area contributed by atoms with Crippen molar-refractivity contribution in [2.45, 2.75) is 56.5 Å². The van der Waals surface area contributed by atoms with E-state index in [4.69, 9.17) is 0 Å². The fourth-order valence-electron chi connectivity index (χ4n) is 4.40. The zero-order valence-electron chi connectivity index (χ0n) is 22.0. The predicted molar refractivity (Wildman–Crippen MR) is 144 cm³/mol. The summed E-state index contributed by atoms with van der Waals surface area (Å²) < 4.78 is 41.0. The van der Waals surface area contributed by atoms with Gasteiger partial charge in [-0.2, -0.15) is 0 Å². The number of aliphatic hydroxyl groups excluding tert-OH is 1. The average molecular weight is 549 g/mol. The fraction of sp³-hybridized carbons (Fsp3) is 0.481. The summed E-state index contributed by atoms with van der Waals surface area (Å²) in [6, 6.07) is 10.1. The molecule has 1 fully saturated rings. The number of hydrogen-bond donors (Lipinski definition) is 4. The Bertz CT molecular complexity index is 1190. The second kappa shape index (κ2) is 12.8. The van der Waals surface area contributed by atoms with Crippen molar-refractivity contribution in [1.29, 1.82) is 0 Å². The van der Waals surface area contributed by atoms with E-state index in [9.17, 15) is 27.5 Å². The van der Waals surface area contributed by atoms with Gasteiger partial charge < -0.3 is 20.6 Å². The smallest absolute Gasteiger partial charge is 0.251 e. The maximum absolute atomic E-state index is 13.3.